The Kier molecular flexibility index (Phi) is 5.76. The van der Waals surface area contributed by atoms with Crippen LogP contribution in [0.15, 0.2) is 34.9 Å². The molecule has 1 aromatic carbocycles. The number of aliphatic hydroxyl groups is 1. The van der Waals surface area contributed by atoms with Crippen molar-refractivity contribution in [2.75, 3.05) is 11.9 Å². The van der Waals surface area contributed by atoms with E-state index in [1.165, 1.54) is 0 Å². The van der Waals surface area contributed by atoms with Gasteiger partial charge in [-0.1, -0.05) is 13.0 Å². The Labute approximate surface area is 135 Å². The molecule has 2 aromatic rings. The number of hydrogen-bond donors (Lipinski definition) is 3. The van der Waals surface area contributed by atoms with E-state index in [4.69, 9.17) is 4.42 Å². The van der Waals surface area contributed by atoms with E-state index >= 15 is 0 Å². The van der Waals surface area contributed by atoms with Crippen LogP contribution < -0.4 is 10.6 Å². The minimum absolute atomic E-state index is 0.211. The Bertz CT molecular complexity index is 652. The van der Waals surface area contributed by atoms with Gasteiger partial charge in [-0.25, -0.2) is 9.78 Å². The molecule has 0 bridgehead atoms. The Morgan fingerprint density at radius 1 is 1.39 bits per heavy atom. The van der Waals surface area contributed by atoms with Crippen LogP contribution in [0.2, 0.25) is 0 Å². The van der Waals surface area contributed by atoms with Gasteiger partial charge in [-0.15, -0.1) is 0 Å². The lowest BCUT2D eigenvalue weighted by atomic mass is 10.1. The molecule has 0 saturated heterocycles. The number of amides is 2. The molecule has 124 valence electrons. The summed E-state index contributed by atoms with van der Waals surface area (Å²) in [5, 5.41) is 14.9. The minimum Gasteiger partial charge on any atom is -0.444 e. The zero-order valence-electron chi connectivity index (χ0n) is 13.7. The molecule has 1 aromatic heterocycles. The van der Waals surface area contributed by atoms with Gasteiger partial charge in [-0.3, -0.25) is 0 Å². The van der Waals surface area contributed by atoms with Crippen LogP contribution in [0, 0.1) is 12.8 Å². The summed E-state index contributed by atoms with van der Waals surface area (Å²) in [4.78, 5) is 16.2. The molecular formula is C17H23N3O3. The van der Waals surface area contributed by atoms with E-state index in [2.05, 4.69) is 15.6 Å². The highest BCUT2D eigenvalue weighted by molar-refractivity contribution is 5.89. The van der Waals surface area contributed by atoms with Crippen molar-refractivity contribution in [3.8, 4) is 11.5 Å². The first-order valence-electron chi connectivity index (χ1n) is 7.69. The van der Waals surface area contributed by atoms with Crippen molar-refractivity contribution in [3.63, 3.8) is 0 Å². The van der Waals surface area contributed by atoms with Crippen molar-refractivity contribution in [1.82, 2.24) is 10.3 Å². The molecule has 0 fully saturated rings. The number of nitrogens with zero attached hydrogens (tertiary/aromatic N) is 1. The lowest BCUT2D eigenvalue weighted by molar-refractivity contribution is 0.163. The van der Waals surface area contributed by atoms with Gasteiger partial charge in [-0.2, -0.15) is 0 Å². The van der Waals surface area contributed by atoms with Gasteiger partial charge in [0, 0.05) is 17.8 Å². The Morgan fingerprint density at radius 2 is 2.17 bits per heavy atom. The summed E-state index contributed by atoms with van der Waals surface area (Å²) in [5.41, 5.74) is 2.28. The number of aryl methyl sites for hydroxylation is 1. The van der Waals surface area contributed by atoms with E-state index in [1.807, 2.05) is 32.0 Å². The average Bonchev–Trinajstić information content (AvgIpc) is 2.91. The van der Waals surface area contributed by atoms with Gasteiger partial charge in [0.05, 0.1) is 11.8 Å². The summed E-state index contributed by atoms with van der Waals surface area (Å²) < 4.78 is 5.36. The first-order valence-corrected chi connectivity index (χ1v) is 7.69. The van der Waals surface area contributed by atoms with E-state index in [0.717, 1.165) is 11.3 Å². The Hall–Kier alpha value is -2.34. The normalized spacial score (nSPS) is 13.4. The molecule has 1 heterocycles. The second kappa shape index (κ2) is 7.78. The first kappa shape index (κ1) is 17.0. The Morgan fingerprint density at radius 3 is 2.83 bits per heavy atom. The lowest BCUT2D eigenvalue weighted by Gasteiger charge is -2.14. The van der Waals surface area contributed by atoms with Crippen LogP contribution in [-0.2, 0) is 0 Å². The number of oxazole rings is 1. The third-order valence-corrected chi connectivity index (χ3v) is 3.34. The summed E-state index contributed by atoms with van der Waals surface area (Å²) in [7, 11) is 0. The van der Waals surface area contributed by atoms with Crippen molar-refractivity contribution in [1.29, 1.82) is 0 Å². The van der Waals surface area contributed by atoms with Crippen LogP contribution in [0.5, 0.6) is 0 Å². The van der Waals surface area contributed by atoms with Crippen LogP contribution in [0.1, 0.15) is 26.0 Å². The fourth-order valence-electron chi connectivity index (χ4n) is 2.32. The topological polar surface area (TPSA) is 87.4 Å². The lowest BCUT2D eigenvalue weighted by Crippen LogP contribution is -2.33. The number of hydrogen-bond acceptors (Lipinski definition) is 4. The maximum atomic E-state index is 11.9. The van der Waals surface area contributed by atoms with Gasteiger partial charge in [0.25, 0.3) is 0 Å². The fourth-order valence-corrected chi connectivity index (χ4v) is 2.32. The van der Waals surface area contributed by atoms with Crippen molar-refractivity contribution in [3.05, 3.63) is 36.2 Å². The number of aliphatic hydroxyl groups excluding tert-OH is 1. The number of nitrogens with one attached hydrogen (secondary N) is 2. The zero-order valence-corrected chi connectivity index (χ0v) is 13.7. The standard InChI is InChI=1S/C17H23N3O3/c1-11(7-13(3)21)9-18-17(22)20-15-6-4-5-14(8-15)16-19-12(2)10-23-16/h4-6,8,10-11,13,21H,7,9H2,1-3H3,(H2,18,20,22). The van der Waals surface area contributed by atoms with Gasteiger partial charge >= 0.3 is 6.03 Å². The maximum Gasteiger partial charge on any atom is 0.319 e. The summed E-state index contributed by atoms with van der Waals surface area (Å²) in [6.07, 6.45) is 1.88. The van der Waals surface area contributed by atoms with Crippen LogP contribution >= 0.6 is 0 Å². The van der Waals surface area contributed by atoms with E-state index in [1.54, 1.807) is 19.3 Å². The van der Waals surface area contributed by atoms with Crippen LogP contribution in [0.3, 0.4) is 0 Å². The number of aromatic nitrogens is 1. The summed E-state index contributed by atoms with van der Waals surface area (Å²) in [6, 6.07) is 7.05. The van der Waals surface area contributed by atoms with E-state index < -0.39 is 0 Å². The molecule has 6 nitrogen and oxygen atoms in total. The van der Waals surface area contributed by atoms with E-state index in [-0.39, 0.29) is 18.1 Å². The van der Waals surface area contributed by atoms with Crippen molar-refractivity contribution < 1.29 is 14.3 Å². The largest absolute Gasteiger partial charge is 0.444 e. The number of benzene rings is 1. The Balaban J connectivity index is 1.91. The zero-order chi connectivity index (χ0) is 16.8. The first-order chi connectivity index (χ1) is 10.9. The maximum absolute atomic E-state index is 11.9. The molecule has 23 heavy (non-hydrogen) atoms. The van der Waals surface area contributed by atoms with Crippen LogP contribution in [0.4, 0.5) is 10.5 Å². The SMILES string of the molecule is Cc1coc(-c2cccc(NC(=O)NCC(C)CC(C)O)c2)n1. The average molecular weight is 317 g/mol. The van der Waals surface area contributed by atoms with Gasteiger partial charge < -0.3 is 20.2 Å². The number of carbonyl (C=O) groups is 1. The van der Waals surface area contributed by atoms with Crippen LogP contribution in [-0.4, -0.2) is 28.8 Å². The molecule has 2 unspecified atom stereocenters. The molecule has 0 aliphatic heterocycles. The highest BCUT2D eigenvalue weighted by atomic mass is 16.3. The molecule has 2 rings (SSSR count). The molecule has 6 heteroatoms. The van der Waals surface area contributed by atoms with Gasteiger partial charge in [0.1, 0.15) is 6.26 Å². The molecule has 0 radical (unpaired) electrons. The second-order valence-corrected chi connectivity index (χ2v) is 5.90. The molecule has 0 aliphatic rings. The molecule has 3 N–H and O–H groups in total. The van der Waals surface area contributed by atoms with Gasteiger partial charge in [0.15, 0.2) is 0 Å². The van der Waals surface area contributed by atoms with Gasteiger partial charge in [0.2, 0.25) is 5.89 Å². The number of anilines is 1. The summed E-state index contributed by atoms with van der Waals surface area (Å²) >= 11 is 0. The monoisotopic (exact) mass is 317 g/mol. The molecule has 0 saturated carbocycles. The van der Waals surface area contributed by atoms with E-state index in [0.29, 0.717) is 24.5 Å². The van der Waals surface area contributed by atoms with Crippen molar-refractivity contribution in [2.45, 2.75) is 33.3 Å². The molecule has 0 aliphatic carbocycles. The predicted molar refractivity (Wildman–Crippen MR) is 89.2 cm³/mol. The van der Waals surface area contributed by atoms with Crippen LogP contribution in [0.25, 0.3) is 11.5 Å². The second-order valence-electron chi connectivity index (χ2n) is 5.90. The highest BCUT2D eigenvalue weighted by Gasteiger charge is 2.10. The smallest absolute Gasteiger partial charge is 0.319 e. The third-order valence-electron chi connectivity index (χ3n) is 3.34. The fraction of sp³-hybridized carbons (Fsp3) is 0.412. The number of rotatable bonds is 6. The quantitative estimate of drug-likeness (QED) is 0.763. The predicted octanol–water partition coefficient (Wildman–Crippen LogP) is 3.18. The van der Waals surface area contributed by atoms with Crippen molar-refractivity contribution in [2.24, 2.45) is 5.92 Å². The van der Waals surface area contributed by atoms with Gasteiger partial charge in [-0.05, 0) is 44.4 Å². The molecular weight excluding hydrogens is 294 g/mol. The molecule has 0 spiro atoms. The minimum atomic E-state index is -0.365. The van der Waals surface area contributed by atoms with Crippen molar-refractivity contribution >= 4 is 11.7 Å². The summed E-state index contributed by atoms with van der Waals surface area (Å²) in [6.45, 7) is 6.09. The molecule has 2 atom stereocenters. The summed E-state index contributed by atoms with van der Waals surface area (Å²) in [5.74, 6) is 0.736. The molecule has 2 amide bonds. The number of urea groups is 1. The number of carbonyl (C=O) groups excluding carboxylic acids is 1. The third kappa shape index (κ3) is 5.41. The highest BCUT2D eigenvalue weighted by Crippen LogP contribution is 2.21. The van der Waals surface area contributed by atoms with E-state index in [9.17, 15) is 9.90 Å².